The summed E-state index contributed by atoms with van der Waals surface area (Å²) in [4.78, 5) is 11.7. The summed E-state index contributed by atoms with van der Waals surface area (Å²) in [6.07, 6.45) is 0.459. The van der Waals surface area contributed by atoms with Crippen LogP contribution in [0.25, 0.3) is 21.9 Å². The van der Waals surface area contributed by atoms with Crippen molar-refractivity contribution in [3.8, 4) is 0 Å². The molecule has 1 heterocycles. The molecule has 0 aliphatic rings. The summed E-state index contributed by atoms with van der Waals surface area (Å²) < 4.78 is 5.75. The van der Waals surface area contributed by atoms with Crippen LogP contribution in [0.4, 0.5) is 5.69 Å². The van der Waals surface area contributed by atoms with Crippen LogP contribution in [-0.2, 0) is 4.79 Å². The Kier molecular flexibility index (Phi) is 3.39. The first-order chi connectivity index (χ1) is 9.78. The van der Waals surface area contributed by atoms with Gasteiger partial charge in [0.15, 0.2) is 0 Å². The van der Waals surface area contributed by atoms with Gasteiger partial charge < -0.3 is 15.1 Å². The first kappa shape index (κ1) is 12.7. The maximum absolute atomic E-state index is 11.7. The maximum Gasteiger partial charge on any atom is 0.225 e. The summed E-state index contributed by atoms with van der Waals surface area (Å²) in [5, 5.41) is 7.95. The Morgan fingerprint density at radius 3 is 2.75 bits per heavy atom. The molecule has 4 heteroatoms. The van der Waals surface area contributed by atoms with Crippen LogP contribution in [-0.4, -0.2) is 19.5 Å². The molecule has 2 N–H and O–H groups in total. The summed E-state index contributed by atoms with van der Waals surface area (Å²) in [7, 11) is 1.83. The van der Waals surface area contributed by atoms with E-state index in [-0.39, 0.29) is 5.91 Å². The molecule has 0 bridgehead atoms. The first-order valence-corrected chi connectivity index (χ1v) is 6.63. The smallest absolute Gasteiger partial charge is 0.225 e. The fraction of sp³-hybridized carbons (Fsp3) is 0.188. The summed E-state index contributed by atoms with van der Waals surface area (Å²) in [6.45, 7) is 0.669. The fourth-order valence-corrected chi connectivity index (χ4v) is 2.27. The van der Waals surface area contributed by atoms with Gasteiger partial charge in [0.1, 0.15) is 11.2 Å². The lowest BCUT2D eigenvalue weighted by atomic mass is 10.1. The molecule has 0 aliphatic carbocycles. The lowest BCUT2D eigenvalue weighted by Crippen LogP contribution is -2.18. The number of para-hydroxylation sites is 1. The van der Waals surface area contributed by atoms with Crippen LogP contribution in [0, 0.1) is 0 Å². The van der Waals surface area contributed by atoms with Crippen molar-refractivity contribution in [1.29, 1.82) is 0 Å². The number of benzene rings is 2. The Labute approximate surface area is 116 Å². The van der Waals surface area contributed by atoms with E-state index in [1.165, 1.54) is 0 Å². The number of carbonyl (C=O) groups is 1. The third-order valence-electron chi connectivity index (χ3n) is 3.26. The van der Waals surface area contributed by atoms with E-state index in [1.807, 2.05) is 49.5 Å². The van der Waals surface area contributed by atoms with Gasteiger partial charge in [-0.1, -0.05) is 18.2 Å². The molecule has 4 nitrogen and oxygen atoms in total. The van der Waals surface area contributed by atoms with E-state index in [1.54, 1.807) is 0 Å². The highest BCUT2D eigenvalue weighted by Gasteiger charge is 2.08. The second kappa shape index (κ2) is 5.35. The first-order valence-electron chi connectivity index (χ1n) is 6.63. The molecule has 3 aromatic rings. The highest BCUT2D eigenvalue weighted by molar-refractivity contribution is 6.06. The molecule has 0 radical (unpaired) electrons. The molecule has 0 spiro atoms. The lowest BCUT2D eigenvalue weighted by Gasteiger charge is -2.04. The molecular weight excluding hydrogens is 252 g/mol. The van der Waals surface area contributed by atoms with E-state index in [9.17, 15) is 4.79 Å². The average Bonchev–Trinajstić information content (AvgIpc) is 2.83. The van der Waals surface area contributed by atoms with Crippen LogP contribution in [0.15, 0.2) is 46.9 Å². The summed E-state index contributed by atoms with van der Waals surface area (Å²) >= 11 is 0. The summed E-state index contributed by atoms with van der Waals surface area (Å²) in [5.74, 6) is 0.00602. The summed E-state index contributed by atoms with van der Waals surface area (Å²) in [5.41, 5.74) is 2.49. The van der Waals surface area contributed by atoms with Crippen molar-refractivity contribution in [2.24, 2.45) is 0 Å². The van der Waals surface area contributed by atoms with Gasteiger partial charge in [-0.25, -0.2) is 0 Å². The van der Waals surface area contributed by atoms with Gasteiger partial charge in [0.2, 0.25) is 5.91 Å². The molecular formula is C16H16N2O2. The normalized spacial score (nSPS) is 11.1. The van der Waals surface area contributed by atoms with Crippen LogP contribution >= 0.6 is 0 Å². The minimum Gasteiger partial charge on any atom is -0.456 e. The molecule has 20 heavy (non-hydrogen) atoms. The molecule has 102 valence electrons. The van der Waals surface area contributed by atoms with Gasteiger partial charge in [-0.15, -0.1) is 0 Å². The standard InChI is InChI=1S/C16H16N2O2/c1-17-9-8-16(19)18-11-6-7-15-13(10-11)12-4-2-3-5-14(12)20-15/h2-7,10,17H,8-9H2,1H3,(H,18,19). The molecule has 0 atom stereocenters. The second-order valence-corrected chi connectivity index (χ2v) is 4.71. The monoisotopic (exact) mass is 268 g/mol. The van der Waals surface area contributed by atoms with Crippen molar-refractivity contribution < 1.29 is 9.21 Å². The van der Waals surface area contributed by atoms with Crippen molar-refractivity contribution in [1.82, 2.24) is 5.32 Å². The van der Waals surface area contributed by atoms with E-state index in [2.05, 4.69) is 10.6 Å². The average molecular weight is 268 g/mol. The van der Waals surface area contributed by atoms with E-state index in [0.717, 1.165) is 27.6 Å². The van der Waals surface area contributed by atoms with Gasteiger partial charge in [0, 0.05) is 29.4 Å². The predicted molar refractivity (Wildman–Crippen MR) is 80.9 cm³/mol. The Hall–Kier alpha value is -2.33. The number of nitrogens with one attached hydrogen (secondary N) is 2. The molecule has 0 unspecified atom stereocenters. The Morgan fingerprint density at radius 1 is 1.10 bits per heavy atom. The van der Waals surface area contributed by atoms with Crippen molar-refractivity contribution >= 4 is 33.5 Å². The number of rotatable bonds is 4. The van der Waals surface area contributed by atoms with Gasteiger partial charge in [0.25, 0.3) is 0 Å². The van der Waals surface area contributed by atoms with Gasteiger partial charge in [-0.05, 0) is 31.3 Å². The van der Waals surface area contributed by atoms with Gasteiger partial charge in [-0.2, -0.15) is 0 Å². The molecule has 0 saturated carbocycles. The number of hydrogen-bond acceptors (Lipinski definition) is 3. The van der Waals surface area contributed by atoms with Crippen LogP contribution in [0.2, 0.25) is 0 Å². The predicted octanol–water partition coefficient (Wildman–Crippen LogP) is 3.13. The number of furan rings is 1. The zero-order valence-electron chi connectivity index (χ0n) is 11.3. The van der Waals surface area contributed by atoms with Gasteiger partial charge in [0.05, 0.1) is 0 Å². The van der Waals surface area contributed by atoms with Crippen molar-refractivity contribution in [3.05, 3.63) is 42.5 Å². The Bertz CT molecular complexity index is 761. The molecule has 3 rings (SSSR count). The van der Waals surface area contributed by atoms with Gasteiger partial charge >= 0.3 is 0 Å². The van der Waals surface area contributed by atoms with Crippen LogP contribution in [0.3, 0.4) is 0 Å². The second-order valence-electron chi connectivity index (χ2n) is 4.71. The molecule has 0 saturated heterocycles. The number of amides is 1. The number of hydrogen-bond donors (Lipinski definition) is 2. The number of carbonyl (C=O) groups excluding carboxylic acids is 1. The van der Waals surface area contributed by atoms with E-state index in [4.69, 9.17) is 4.42 Å². The highest BCUT2D eigenvalue weighted by Crippen LogP contribution is 2.30. The maximum atomic E-state index is 11.7. The van der Waals surface area contributed by atoms with Crippen molar-refractivity contribution in [2.75, 3.05) is 18.9 Å². The van der Waals surface area contributed by atoms with Crippen LogP contribution in [0.5, 0.6) is 0 Å². The zero-order chi connectivity index (χ0) is 13.9. The summed E-state index contributed by atoms with van der Waals surface area (Å²) in [6, 6.07) is 13.6. The van der Waals surface area contributed by atoms with Crippen molar-refractivity contribution in [3.63, 3.8) is 0 Å². The quantitative estimate of drug-likeness (QED) is 0.764. The molecule has 0 aliphatic heterocycles. The van der Waals surface area contributed by atoms with E-state index in [0.29, 0.717) is 13.0 Å². The fourth-order valence-electron chi connectivity index (χ4n) is 2.27. The SMILES string of the molecule is CNCCC(=O)Nc1ccc2oc3ccccc3c2c1. The zero-order valence-corrected chi connectivity index (χ0v) is 11.3. The largest absolute Gasteiger partial charge is 0.456 e. The van der Waals surface area contributed by atoms with Gasteiger partial charge in [-0.3, -0.25) is 4.79 Å². The molecule has 2 aromatic carbocycles. The molecule has 1 aromatic heterocycles. The molecule has 0 fully saturated rings. The minimum absolute atomic E-state index is 0.00602. The number of anilines is 1. The van der Waals surface area contributed by atoms with Crippen LogP contribution < -0.4 is 10.6 Å². The molecule has 1 amide bonds. The number of fused-ring (bicyclic) bond motifs is 3. The van der Waals surface area contributed by atoms with Crippen molar-refractivity contribution in [2.45, 2.75) is 6.42 Å². The Balaban J connectivity index is 1.93. The topological polar surface area (TPSA) is 54.3 Å². The highest BCUT2D eigenvalue weighted by atomic mass is 16.3. The lowest BCUT2D eigenvalue weighted by molar-refractivity contribution is -0.116. The van der Waals surface area contributed by atoms with Crippen LogP contribution in [0.1, 0.15) is 6.42 Å². The third-order valence-corrected chi connectivity index (χ3v) is 3.26. The minimum atomic E-state index is 0.00602. The Morgan fingerprint density at radius 2 is 1.90 bits per heavy atom. The van der Waals surface area contributed by atoms with E-state index >= 15 is 0 Å². The third kappa shape index (κ3) is 2.38. The van der Waals surface area contributed by atoms with E-state index < -0.39 is 0 Å².